The Balaban J connectivity index is 1.97. The van der Waals surface area contributed by atoms with Gasteiger partial charge in [-0.2, -0.15) is 5.26 Å². The van der Waals surface area contributed by atoms with Gasteiger partial charge in [0.2, 0.25) is 0 Å². The molecule has 1 heterocycles. The van der Waals surface area contributed by atoms with Crippen LogP contribution < -0.4 is 5.32 Å². The van der Waals surface area contributed by atoms with Crippen LogP contribution in [0.25, 0.3) is 0 Å². The van der Waals surface area contributed by atoms with Crippen molar-refractivity contribution in [2.24, 2.45) is 0 Å². The number of allylic oxidation sites excluding steroid dienone is 3. The number of rotatable bonds is 6. The molecule has 0 radical (unpaired) electrons. The number of carbonyl (C=O) groups is 2. The highest BCUT2D eigenvalue weighted by atomic mass is 35.5. The Bertz CT molecular complexity index is 1110. The maximum Gasteiger partial charge on any atom is 0.174 e. The van der Waals surface area contributed by atoms with Gasteiger partial charge >= 0.3 is 0 Å². The molecule has 3 rings (SSSR count). The van der Waals surface area contributed by atoms with E-state index in [1.807, 2.05) is 12.1 Å². The number of ketones is 2. The molecule has 2 aromatic carbocycles. The molecule has 4 nitrogen and oxygen atoms in total. The first kappa shape index (κ1) is 22.2. The van der Waals surface area contributed by atoms with Crippen LogP contribution in [0.3, 0.4) is 0 Å². The second-order valence-corrected chi connectivity index (χ2v) is 8.58. The van der Waals surface area contributed by atoms with Crippen LogP contribution >= 0.6 is 35.0 Å². The molecule has 0 unspecified atom stereocenters. The lowest BCUT2D eigenvalue weighted by Crippen LogP contribution is -2.27. The molecule has 30 heavy (non-hydrogen) atoms. The molecule has 0 aromatic heterocycles. The lowest BCUT2D eigenvalue weighted by Gasteiger charge is -2.29. The molecule has 1 aliphatic rings. The number of nitrogens with one attached hydrogen (secondary N) is 1. The highest BCUT2D eigenvalue weighted by molar-refractivity contribution is 8.03. The zero-order valence-electron chi connectivity index (χ0n) is 16.3. The van der Waals surface area contributed by atoms with Crippen LogP contribution in [-0.2, 0) is 4.79 Å². The van der Waals surface area contributed by atoms with E-state index in [2.05, 4.69) is 11.4 Å². The summed E-state index contributed by atoms with van der Waals surface area (Å²) in [6, 6.07) is 16.2. The average molecular weight is 457 g/mol. The fraction of sp³-hybridized carbons (Fsp3) is 0.174. The zero-order chi connectivity index (χ0) is 21.8. The summed E-state index contributed by atoms with van der Waals surface area (Å²) in [6.45, 7) is 3.28. The zero-order valence-corrected chi connectivity index (χ0v) is 18.7. The Morgan fingerprint density at radius 3 is 2.40 bits per heavy atom. The molecule has 1 aliphatic heterocycles. The van der Waals surface area contributed by atoms with Gasteiger partial charge in [-0.25, -0.2) is 0 Å². The molecule has 0 saturated heterocycles. The van der Waals surface area contributed by atoms with Crippen molar-refractivity contribution >= 4 is 46.5 Å². The van der Waals surface area contributed by atoms with E-state index in [9.17, 15) is 14.9 Å². The lowest BCUT2D eigenvalue weighted by atomic mass is 9.81. The van der Waals surface area contributed by atoms with Crippen LogP contribution in [0, 0.1) is 11.3 Å². The first-order valence-corrected chi connectivity index (χ1v) is 10.9. The number of halogens is 2. The van der Waals surface area contributed by atoms with E-state index in [1.165, 1.54) is 18.7 Å². The van der Waals surface area contributed by atoms with Crippen molar-refractivity contribution < 1.29 is 9.59 Å². The number of hydrogen-bond acceptors (Lipinski definition) is 5. The number of carbonyl (C=O) groups excluding carboxylic acids is 2. The van der Waals surface area contributed by atoms with Gasteiger partial charge in [0.05, 0.1) is 33.4 Å². The van der Waals surface area contributed by atoms with Gasteiger partial charge in [0.25, 0.3) is 0 Å². The van der Waals surface area contributed by atoms with Gasteiger partial charge in [0.15, 0.2) is 11.6 Å². The minimum absolute atomic E-state index is 0.104. The number of thioether (sulfide) groups is 1. The van der Waals surface area contributed by atoms with Crippen molar-refractivity contribution in [1.82, 2.24) is 5.32 Å². The summed E-state index contributed by atoms with van der Waals surface area (Å²) >= 11 is 13.4. The normalized spacial score (nSPS) is 16.2. The Morgan fingerprint density at radius 2 is 1.80 bits per heavy atom. The molecule has 2 aromatic rings. The predicted molar refractivity (Wildman–Crippen MR) is 122 cm³/mol. The third-order valence-corrected chi connectivity index (χ3v) is 6.35. The van der Waals surface area contributed by atoms with Gasteiger partial charge < -0.3 is 5.32 Å². The van der Waals surface area contributed by atoms with Gasteiger partial charge in [-0.05, 0) is 43.7 Å². The summed E-state index contributed by atoms with van der Waals surface area (Å²) < 4.78 is 0. The van der Waals surface area contributed by atoms with Crippen LogP contribution in [0.2, 0.25) is 10.0 Å². The molecular weight excluding hydrogens is 439 g/mol. The quantitative estimate of drug-likeness (QED) is 0.548. The Morgan fingerprint density at radius 1 is 1.13 bits per heavy atom. The van der Waals surface area contributed by atoms with Crippen molar-refractivity contribution in [3.05, 3.63) is 91.6 Å². The SMILES string of the molecule is CC(=O)C1=C(C)NC(SCC(=O)c2ccccc2Cl)=C(C#N)[C@H]1c1ccc(Cl)cc1. The van der Waals surface area contributed by atoms with Gasteiger partial charge in [0.1, 0.15) is 0 Å². The van der Waals surface area contributed by atoms with E-state index in [0.29, 0.717) is 37.5 Å². The average Bonchev–Trinajstić information content (AvgIpc) is 2.72. The topological polar surface area (TPSA) is 70.0 Å². The van der Waals surface area contributed by atoms with Crippen LogP contribution in [0.15, 0.2) is 70.4 Å². The third kappa shape index (κ3) is 4.62. The number of nitrogens with zero attached hydrogens (tertiary/aromatic N) is 1. The van der Waals surface area contributed by atoms with E-state index in [-0.39, 0.29) is 17.3 Å². The van der Waals surface area contributed by atoms with Crippen molar-refractivity contribution in [2.45, 2.75) is 19.8 Å². The molecule has 0 spiro atoms. The second-order valence-electron chi connectivity index (χ2n) is 6.75. The number of hydrogen-bond donors (Lipinski definition) is 1. The molecule has 0 amide bonds. The van der Waals surface area contributed by atoms with E-state index in [1.54, 1.807) is 43.3 Å². The predicted octanol–water partition coefficient (Wildman–Crippen LogP) is 5.89. The summed E-state index contributed by atoms with van der Waals surface area (Å²) in [7, 11) is 0. The fourth-order valence-electron chi connectivity index (χ4n) is 3.38. The van der Waals surface area contributed by atoms with Crippen LogP contribution in [0.5, 0.6) is 0 Å². The summed E-state index contributed by atoms with van der Waals surface area (Å²) in [6.07, 6.45) is 0. The monoisotopic (exact) mass is 456 g/mol. The van der Waals surface area contributed by atoms with Gasteiger partial charge in [-0.1, -0.05) is 59.2 Å². The summed E-state index contributed by atoms with van der Waals surface area (Å²) in [5.74, 6) is -0.681. The molecule has 0 aliphatic carbocycles. The summed E-state index contributed by atoms with van der Waals surface area (Å²) in [5.41, 5.74) is 2.81. The van der Waals surface area contributed by atoms with E-state index >= 15 is 0 Å². The number of benzene rings is 2. The Kier molecular flexibility index (Phi) is 7.04. The highest BCUT2D eigenvalue weighted by Crippen LogP contribution is 2.41. The molecule has 7 heteroatoms. The largest absolute Gasteiger partial charge is 0.353 e. The number of Topliss-reactive ketones (excluding diaryl/α,β-unsaturated/α-hetero) is 2. The van der Waals surface area contributed by atoms with Gasteiger partial charge in [0, 0.05) is 21.9 Å². The summed E-state index contributed by atoms with van der Waals surface area (Å²) in [4.78, 5) is 25.0. The Hall–Kier alpha value is -2.52. The first-order valence-electron chi connectivity index (χ1n) is 9.12. The van der Waals surface area contributed by atoms with E-state index in [0.717, 1.165) is 5.56 Å². The Labute approximate surface area is 189 Å². The standard InChI is InChI=1S/C23H18Cl2N2O2S/c1-13-21(14(2)28)22(15-7-9-16(24)10-8-15)18(11-26)23(27-13)30-12-20(29)17-5-3-4-6-19(17)25/h3-10,22,27H,12H2,1-2H3/t22-/m1/s1. The molecule has 0 saturated carbocycles. The molecular formula is C23H18Cl2N2O2S. The van der Waals surface area contributed by atoms with Crippen molar-refractivity contribution in [2.75, 3.05) is 5.75 Å². The van der Waals surface area contributed by atoms with Crippen molar-refractivity contribution in [1.29, 1.82) is 5.26 Å². The van der Waals surface area contributed by atoms with Crippen LogP contribution in [-0.4, -0.2) is 17.3 Å². The molecule has 152 valence electrons. The smallest absolute Gasteiger partial charge is 0.174 e. The number of nitriles is 1. The fourth-order valence-corrected chi connectivity index (χ4v) is 4.73. The summed E-state index contributed by atoms with van der Waals surface area (Å²) in [5, 5.41) is 14.6. The first-order chi connectivity index (χ1) is 14.3. The third-order valence-electron chi connectivity index (χ3n) is 4.75. The van der Waals surface area contributed by atoms with Crippen LogP contribution in [0.1, 0.15) is 35.7 Å². The highest BCUT2D eigenvalue weighted by Gasteiger charge is 2.33. The van der Waals surface area contributed by atoms with Crippen LogP contribution in [0.4, 0.5) is 0 Å². The van der Waals surface area contributed by atoms with Crippen molar-refractivity contribution in [3.8, 4) is 6.07 Å². The maximum atomic E-state index is 12.6. The van der Waals surface area contributed by atoms with Gasteiger partial charge in [-0.15, -0.1) is 0 Å². The minimum atomic E-state index is -0.524. The maximum absolute atomic E-state index is 12.6. The van der Waals surface area contributed by atoms with E-state index < -0.39 is 5.92 Å². The molecule has 1 atom stereocenters. The lowest BCUT2D eigenvalue weighted by molar-refractivity contribution is -0.113. The minimum Gasteiger partial charge on any atom is -0.353 e. The number of dihydropyridines is 1. The second kappa shape index (κ2) is 9.53. The van der Waals surface area contributed by atoms with E-state index in [4.69, 9.17) is 23.2 Å². The molecule has 1 N–H and O–H groups in total. The molecule has 0 fully saturated rings. The van der Waals surface area contributed by atoms with Crippen molar-refractivity contribution in [3.63, 3.8) is 0 Å². The van der Waals surface area contributed by atoms with Gasteiger partial charge in [-0.3, -0.25) is 9.59 Å². The molecule has 0 bridgehead atoms.